The summed E-state index contributed by atoms with van der Waals surface area (Å²) in [5, 5.41) is 3.34. The van der Waals surface area contributed by atoms with E-state index in [1.807, 2.05) is 13.1 Å². The molecule has 0 aromatic carbocycles. The molecular weight excluding hydrogens is 249 g/mol. The lowest BCUT2D eigenvalue weighted by Gasteiger charge is -2.29. The van der Waals surface area contributed by atoms with E-state index in [1.54, 1.807) is 0 Å². The lowest BCUT2D eigenvalue weighted by atomic mass is 9.80. The van der Waals surface area contributed by atoms with Crippen molar-refractivity contribution in [3.8, 4) is 0 Å². The number of hydrogen-bond acceptors (Lipinski definition) is 2. The first-order valence-electron chi connectivity index (χ1n) is 5.32. The maximum absolute atomic E-state index is 6.16. The average Bonchev–Trinajstić information content (AvgIpc) is 2.44. The molecule has 0 amide bonds. The standard InChI is InChI=1S/C11H15Cl2NS/c1-14-9(5-7-3-2-4-7)8-6-10(12)15-11(8)13/h6-7,9,14H,2-5H2,1H3. The molecule has 84 valence electrons. The van der Waals surface area contributed by atoms with Gasteiger partial charge in [-0.1, -0.05) is 42.5 Å². The van der Waals surface area contributed by atoms with Crippen LogP contribution in [0.4, 0.5) is 0 Å². The largest absolute Gasteiger partial charge is 0.313 e. The number of thiophene rings is 1. The van der Waals surface area contributed by atoms with Crippen LogP contribution >= 0.6 is 34.5 Å². The minimum absolute atomic E-state index is 0.367. The van der Waals surface area contributed by atoms with Crippen LogP contribution in [0.3, 0.4) is 0 Å². The van der Waals surface area contributed by atoms with E-state index in [4.69, 9.17) is 23.2 Å². The second kappa shape index (κ2) is 5.05. The van der Waals surface area contributed by atoms with Gasteiger partial charge in [-0.3, -0.25) is 0 Å². The molecule has 1 atom stereocenters. The van der Waals surface area contributed by atoms with Crippen molar-refractivity contribution >= 4 is 34.5 Å². The molecule has 1 fully saturated rings. The molecule has 1 aromatic heterocycles. The highest BCUT2D eigenvalue weighted by molar-refractivity contribution is 7.20. The van der Waals surface area contributed by atoms with Gasteiger partial charge in [-0.2, -0.15) is 0 Å². The van der Waals surface area contributed by atoms with Gasteiger partial charge < -0.3 is 5.32 Å². The molecular formula is C11H15Cl2NS. The van der Waals surface area contributed by atoms with Crippen molar-refractivity contribution in [2.75, 3.05) is 7.05 Å². The van der Waals surface area contributed by atoms with E-state index >= 15 is 0 Å². The molecule has 0 radical (unpaired) electrons. The number of nitrogens with one attached hydrogen (secondary N) is 1. The fourth-order valence-electron chi connectivity index (χ4n) is 2.05. The molecule has 0 saturated heterocycles. The number of hydrogen-bond donors (Lipinski definition) is 1. The topological polar surface area (TPSA) is 12.0 Å². The van der Waals surface area contributed by atoms with Gasteiger partial charge >= 0.3 is 0 Å². The summed E-state index contributed by atoms with van der Waals surface area (Å²) in [4.78, 5) is 0. The zero-order chi connectivity index (χ0) is 10.8. The van der Waals surface area contributed by atoms with E-state index in [2.05, 4.69) is 5.32 Å². The summed E-state index contributed by atoms with van der Waals surface area (Å²) in [6.45, 7) is 0. The van der Waals surface area contributed by atoms with E-state index in [9.17, 15) is 0 Å². The minimum atomic E-state index is 0.367. The molecule has 1 heterocycles. The average molecular weight is 264 g/mol. The predicted molar refractivity (Wildman–Crippen MR) is 68.1 cm³/mol. The molecule has 1 aromatic rings. The minimum Gasteiger partial charge on any atom is -0.313 e. The summed E-state index contributed by atoms with van der Waals surface area (Å²) in [6, 6.07) is 2.36. The van der Waals surface area contributed by atoms with Crippen LogP contribution in [-0.2, 0) is 0 Å². The Kier molecular flexibility index (Phi) is 3.94. The summed E-state index contributed by atoms with van der Waals surface area (Å²) >= 11 is 13.6. The molecule has 1 aliphatic rings. The molecule has 15 heavy (non-hydrogen) atoms. The van der Waals surface area contributed by atoms with Gasteiger partial charge in [-0.15, -0.1) is 11.3 Å². The first-order chi connectivity index (χ1) is 7.20. The molecule has 1 unspecified atom stereocenters. The molecule has 1 N–H and O–H groups in total. The molecule has 1 saturated carbocycles. The zero-order valence-electron chi connectivity index (χ0n) is 8.72. The summed E-state index contributed by atoms with van der Waals surface area (Å²) < 4.78 is 1.61. The lowest BCUT2D eigenvalue weighted by molar-refractivity contribution is 0.266. The van der Waals surface area contributed by atoms with Gasteiger partial charge in [0.1, 0.15) is 0 Å². The van der Waals surface area contributed by atoms with E-state index in [0.717, 1.165) is 14.6 Å². The van der Waals surface area contributed by atoms with Gasteiger partial charge in [0.2, 0.25) is 0 Å². The predicted octanol–water partition coefficient (Wildman–Crippen LogP) is 4.51. The third-order valence-corrected chi connectivity index (χ3v) is 4.72. The summed E-state index contributed by atoms with van der Waals surface area (Å²) in [5.41, 5.74) is 1.17. The summed E-state index contributed by atoms with van der Waals surface area (Å²) in [6.07, 6.45) is 5.31. The molecule has 4 heteroatoms. The van der Waals surface area contributed by atoms with Crippen molar-refractivity contribution in [3.05, 3.63) is 20.3 Å². The Morgan fingerprint density at radius 2 is 2.27 bits per heavy atom. The Morgan fingerprint density at radius 3 is 2.67 bits per heavy atom. The van der Waals surface area contributed by atoms with E-state index in [1.165, 1.54) is 42.6 Å². The summed E-state index contributed by atoms with van der Waals surface area (Å²) in [5.74, 6) is 0.872. The van der Waals surface area contributed by atoms with Crippen molar-refractivity contribution in [1.82, 2.24) is 5.32 Å². The first-order valence-corrected chi connectivity index (χ1v) is 6.90. The van der Waals surface area contributed by atoms with Crippen molar-refractivity contribution in [2.45, 2.75) is 31.7 Å². The highest BCUT2D eigenvalue weighted by Gasteiger charge is 2.24. The lowest BCUT2D eigenvalue weighted by Crippen LogP contribution is -2.22. The van der Waals surface area contributed by atoms with Crippen LogP contribution < -0.4 is 5.32 Å². The molecule has 1 aliphatic carbocycles. The third kappa shape index (κ3) is 2.68. The van der Waals surface area contributed by atoms with E-state index in [-0.39, 0.29) is 0 Å². The molecule has 1 nitrogen and oxygen atoms in total. The van der Waals surface area contributed by atoms with Crippen LogP contribution in [0.25, 0.3) is 0 Å². The normalized spacial score (nSPS) is 18.9. The van der Waals surface area contributed by atoms with Crippen LogP contribution in [0.2, 0.25) is 8.67 Å². The van der Waals surface area contributed by atoms with Crippen LogP contribution in [-0.4, -0.2) is 7.05 Å². The Labute approximate surface area is 105 Å². The Bertz CT molecular complexity index is 333. The number of rotatable bonds is 4. The second-order valence-corrected chi connectivity index (χ2v) is 6.44. The van der Waals surface area contributed by atoms with Crippen molar-refractivity contribution in [3.63, 3.8) is 0 Å². The molecule has 2 rings (SSSR count). The van der Waals surface area contributed by atoms with Crippen molar-refractivity contribution < 1.29 is 0 Å². The van der Waals surface area contributed by atoms with Crippen LogP contribution in [0.15, 0.2) is 6.07 Å². The van der Waals surface area contributed by atoms with Gasteiger partial charge in [0.15, 0.2) is 0 Å². The maximum atomic E-state index is 6.16. The Morgan fingerprint density at radius 1 is 1.53 bits per heavy atom. The highest BCUT2D eigenvalue weighted by Crippen LogP contribution is 2.40. The SMILES string of the molecule is CNC(CC1CCC1)c1cc(Cl)sc1Cl. The molecule has 0 bridgehead atoms. The molecule has 0 aliphatic heterocycles. The fourth-order valence-corrected chi connectivity index (χ4v) is 3.63. The highest BCUT2D eigenvalue weighted by atomic mass is 35.5. The van der Waals surface area contributed by atoms with E-state index < -0.39 is 0 Å². The van der Waals surface area contributed by atoms with Crippen LogP contribution in [0.1, 0.15) is 37.3 Å². The smallest absolute Gasteiger partial charge is 0.0991 e. The van der Waals surface area contributed by atoms with Crippen molar-refractivity contribution in [2.24, 2.45) is 5.92 Å². The third-order valence-electron chi connectivity index (χ3n) is 3.20. The van der Waals surface area contributed by atoms with E-state index in [0.29, 0.717) is 6.04 Å². The maximum Gasteiger partial charge on any atom is 0.0991 e. The van der Waals surface area contributed by atoms with Gasteiger partial charge in [-0.25, -0.2) is 0 Å². The van der Waals surface area contributed by atoms with Gasteiger partial charge in [0.05, 0.1) is 8.67 Å². The Hall–Kier alpha value is 0.240. The first kappa shape index (κ1) is 11.7. The fraction of sp³-hybridized carbons (Fsp3) is 0.636. The molecule has 0 spiro atoms. The van der Waals surface area contributed by atoms with Crippen LogP contribution in [0, 0.1) is 5.92 Å². The quantitative estimate of drug-likeness (QED) is 0.843. The van der Waals surface area contributed by atoms with Gasteiger partial charge in [-0.05, 0) is 25.5 Å². The monoisotopic (exact) mass is 263 g/mol. The number of halogens is 2. The van der Waals surface area contributed by atoms with Crippen molar-refractivity contribution in [1.29, 1.82) is 0 Å². The van der Waals surface area contributed by atoms with Crippen LogP contribution in [0.5, 0.6) is 0 Å². The second-order valence-electron chi connectivity index (χ2n) is 4.15. The summed E-state index contributed by atoms with van der Waals surface area (Å²) in [7, 11) is 1.99. The van der Waals surface area contributed by atoms with Gasteiger partial charge in [0.25, 0.3) is 0 Å². The van der Waals surface area contributed by atoms with Gasteiger partial charge in [0, 0.05) is 11.6 Å². The zero-order valence-corrected chi connectivity index (χ0v) is 11.1. The Balaban J connectivity index is 2.07.